The molecule has 0 aromatic carbocycles. The van der Waals surface area contributed by atoms with Gasteiger partial charge in [-0.3, -0.25) is 0 Å². The molecule has 0 fully saturated rings. The Morgan fingerprint density at radius 2 is 2.42 bits per heavy atom. The number of nitrogens with two attached hydrogens (primary N) is 1. The first-order chi connectivity index (χ1) is 5.77. The summed E-state index contributed by atoms with van der Waals surface area (Å²) in [5.41, 5.74) is 6.15. The van der Waals surface area contributed by atoms with Gasteiger partial charge in [-0.15, -0.1) is 10.2 Å². The monoisotopic (exact) mass is 182 g/mol. The minimum absolute atomic E-state index is 0.373. The zero-order chi connectivity index (χ0) is 8.55. The van der Waals surface area contributed by atoms with Crippen LogP contribution in [0.2, 0.25) is 0 Å². The molecule has 7 heteroatoms. The maximum absolute atomic E-state index is 5.49. The molecule has 2 heterocycles. The first kappa shape index (κ1) is 7.17. The lowest BCUT2D eigenvalue weighted by atomic mass is 10.5. The molecule has 2 aromatic rings. The Labute approximate surface area is 72.2 Å². The minimum Gasteiger partial charge on any atom is -0.368 e. The van der Waals surface area contributed by atoms with E-state index in [-0.39, 0.29) is 0 Å². The average Bonchev–Trinajstić information content (AvgIpc) is 2.61. The van der Waals surface area contributed by atoms with Crippen LogP contribution in [0.25, 0.3) is 11.5 Å². The van der Waals surface area contributed by atoms with Gasteiger partial charge in [-0.2, -0.15) is 4.98 Å². The van der Waals surface area contributed by atoms with Gasteiger partial charge in [-0.25, -0.2) is 4.68 Å². The summed E-state index contributed by atoms with van der Waals surface area (Å²) >= 11 is 1.26. The molecular weight excluding hydrogens is 176 g/mol. The van der Waals surface area contributed by atoms with Crippen LogP contribution in [0, 0.1) is 0 Å². The van der Waals surface area contributed by atoms with E-state index < -0.39 is 0 Å². The van der Waals surface area contributed by atoms with Crippen LogP contribution >= 0.6 is 11.5 Å². The van der Waals surface area contributed by atoms with Crippen molar-refractivity contribution in [2.24, 2.45) is 7.05 Å². The van der Waals surface area contributed by atoms with E-state index in [1.54, 1.807) is 12.4 Å². The van der Waals surface area contributed by atoms with E-state index in [4.69, 9.17) is 5.73 Å². The fourth-order valence-corrected chi connectivity index (χ4v) is 1.20. The number of nitrogens with zero attached hydrogens (tertiary/aromatic N) is 5. The van der Waals surface area contributed by atoms with Crippen LogP contribution in [0.1, 0.15) is 0 Å². The molecule has 62 valence electrons. The van der Waals surface area contributed by atoms with Crippen molar-refractivity contribution in [3.63, 3.8) is 0 Å². The second kappa shape index (κ2) is 2.52. The Morgan fingerprint density at radius 3 is 2.92 bits per heavy atom. The molecule has 0 aliphatic carbocycles. The summed E-state index contributed by atoms with van der Waals surface area (Å²) in [6, 6.07) is 0. The van der Waals surface area contributed by atoms with Crippen LogP contribution < -0.4 is 5.73 Å². The highest BCUT2D eigenvalue weighted by atomic mass is 32.1. The molecule has 2 rings (SSSR count). The molecule has 2 aromatic heterocycles. The Bertz CT molecular complexity index is 357. The number of anilines is 1. The number of aryl methyl sites for hydroxylation is 1. The normalized spacial score (nSPS) is 10.4. The van der Waals surface area contributed by atoms with E-state index in [0.29, 0.717) is 17.5 Å². The fourth-order valence-electron chi connectivity index (χ4n) is 0.767. The smallest absolute Gasteiger partial charge is 0.218 e. The van der Waals surface area contributed by atoms with Gasteiger partial charge in [0.1, 0.15) is 5.69 Å². The molecule has 0 saturated heterocycles. The van der Waals surface area contributed by atoms with Crippen molar-refractivity contribution < 1.29 is 0 Å². The van der Waals surface area contributed by atoms with Crippen molar-refractivity contribution in [2.45, 2.75) is 0 Å². The molecule has 0 bridgehead atoms. The molecule has 0 spiro atoms. The lowest BCUT2D eigenvalue weighted by Gasteiger charge is -1.85. The van der Waals surface area contributed by atoms with Gasteiger partial charge in [-0.1, -0.05) is 4.49 Å². The second-order valence-electron chi connectivity index (χ2n) is 2.21. The van der Waals surface area contributed by atoms with Gasteiger partial charge in [0.15, 0.2) is 0 Å². The third-order valence-electron chi connectivity index (χ3n) is 1.39. The largest absolute Gasteiger partial charge is 0.368 e. The molecule has 0 unspecified atom stereocenters. The maximum Gasteiger partial charge on any atom is 0.218 e. The number of rotatable bonds is 1. The Morgan fingerprint density at radius 1 is 1.58 bits per heavy atom. The van der Waals surface area contributed by atoms with Gasteiger partial charge >= 0.3 is 0 Å². The van der Waals surface area contributed by atoms with Crippen LogP contribution in [-0.2, 0) is 7.05 Å². The summed E-state index contributed by atoms with van der Waals surface area (Å²) in [5, 5.41) is 9.63. The highest BCUT2D eigenvalue weighted by molar-refractivity contribution is 7.03. The summed E-state index contributed by atoms with van der Waals surface area (Å²) in [4.78, 5) is 3.99. The molecule has 0 saturated carbocycles. The van der Waals surface area contributed by atoms with Crippen molar-refractivity contribution >= 4 is 17.5 Å². The minimum atomic E-state index is 0.373. The van der Waals surface area contributed by atoms with Crippen molar-refractivity contribution in [1.29, 1.82) is 0 Å². The summed E-state index contributed by atoms with van der Waals surface area (Å²) in [6.45, 7) is 0. The topological polar surface area (TPSA) is 82.5 Å². The fraction of sp³-hybridized carbons (Fsp3) is 0.200. The SMILES string of the molecule is Cn1nc(-c2csnn2)nc1N. The molecule has 2 N–H and O–H groups in total. The summed E-state index contributed by atoms with van der Waals surface area (Å²) in [6.07, 6.45) is 0. The van der Waals surface area contributed by atoms with Gasteiger partial charge in [0, 0.05) is 12.4 Å². The second-order valence-corrected chi connectivity index (χ2v) is 2.82. The Hall–Kier alpha value is -1.50. The first-order valence-corrected chi connectivity index (χ1v) is 4.05. The van der Waals surface area contributed by atoms with Crippen LogP contribution in [0.5, 0.6) is 0 Å². The van der Waals surface area contributed by atoms with Gasteiger partial charge in [0.25, 0.3) is 0 Å². The van der Waals surface area contributed by atoms with Crippen molar-refractivity contribution in [3.05, 3.63) is 5.38 Å². The predicted octanol–water partition coefficient (Wildman–Crippen LogP) is -0.0842. The van der Waals surface area contributed by atoms with E-state index in [2.05, 4.69) is 19.7 Å². The van der Waals surface area contributed by atoms with Gasteiger partial charge in [-0.05, 0) is 11.5 Å². The van der Waals surface area contributed by atoms with Gasteiger partial charge in [0.05, 0.1) is 0 Å². The Balaban J connectivity index is 2.48. The van der Waals surface area contributed by atoms with Crippen molar-refractivity contribution in [3.8, 4) is 11.5 Å². The summed E-state index contributed by atoms with van der Waals surface area (Å²) in [7, 11) is 1.73. The van der Waals surface area contributed by atoms with E-state index >= 15 is 0 Å². The summed E-state index contributed by atoms with van der Waals surface area (Å²) < 4.78 is 5.19. The zero-order valence-electron chi connectivity index (χ0n) is 6.30. The van der Waals surface area contributed by atoms with E-state index in [1.807, 2.05) is 0 Å². The van der Waals surface area contributed by atoms with Crippen molar-refractivity contribution in [2.75, 3.05) is 5.73 Å². The van der Waals surface area contributed by atoms with Crippen LogP contribution in [0.4, 0.5) is 5.95 Å². The quantitative estimate of drug-likeness (QED) is 0.666. The highest BCUT2D eigenvalue weighted by Gasteiger charge is 2.08. The van der Waals surface area contributed by atoms with Crippen LogP contribution in [0.15, 0.2) is 5.38 Å². The zero-order valence-corrected chi connectivity index (χ0v) is 7.12. The lowest BCUT2D eigenvalue weighted by molar-refractivity contribution is 0.780. The maximum atomic E-state index is 5.49. The molecule has 0 radical (unpaired) electrons. The van der Waals surface area contributed by atoms with Gasteiger partial charge < -0.3 is 5.73 Å². The van der Waals surface area contributed by atoms with E-state index in [9.17, 15) is 0 Å². The van der Waals surface area contributed by atoms with E-state index in [0.717, 1.165) is 0 Å². The number of nitrogen functional groups attached to an aromatic ring is 1. The molecule has 0 aliphatic heterocycles. The molecule has 0 amide bonds. The third kappa shape index (κ3) is 1.03. The first-order valence-electron chi connectivity index (χ1n) is 3.21. The number of aromatic nitrogens is 5. The molecule has 12 heavy (non-hydrogen) atoms. The molecule has 6 nitrogen and oxygen atoms in total. The standard InChI is InChI=1S/C5H6N6S/c1-11-5(6)7-4(9-11)3-2-12-10-8-3/h2H,1H3,(H2,6,7,9). The molecule has 0 aliphatic rings. The number of hydrogen-bond acceptors (Lipinski definition) is 6. The average molecular weight is 182 g/mol. The molecular formula is C5H6N6S. The van der Waals surface area contributed by atoms with Crippen LogP contribution in [0.3, 0.4) is 0 Å². The highest BCUT2D eigenvalue weighted by Crippen LogP contribution is 2.13. The Kier molecular flexibility index (Phi) is 1.51. The van der Waals surface area contributed by atoms with Crippen LogP contribution in [-0.4, -0.2) is 24.4 Å². The third-order valence-corrected chi connectivity index (χ3v) is 1.89. The number of hydrogen-bond donors (Lipinski definition) is 1. The van der Waals surface area contributed by atoms with Gasteiger partial charge in [0.2, 0.25) is 11.8 Å². The summed E-state index contributed by atoms with van der Waals surface area (Å²) in [5.74, 6) is 0.891. The molecule has 0 atom stereocenters. The lowest BCUT2D eigenvalue weighted by Crippen LogP contribution is -1.97. The predicted molar refractivity (Wildman–Crippen MR) is 44.3 cm³/mol. The van der Waals surface area contributed by atoms with Crippen molar-refractivity contribution in [1.82, 2.24) is 24.4 Å². The van der Waals surface area contributed by atoms with E-state index in [1.165, 1.54) is 16.2 Å².